The molecule has 0 atom stereocenters. The summed E-state index contributed by atoms with van der Waals surface area (Å²) in [4.78, 5) is 17.7. The van der Waals surface area contributed by atoms with Gasteiger partial charge in [-0.1, -0.05) is 23.9 Å². The van der Waals surface area contributed by atoms with Crippen molar-refractivity contribution >= 4 is 22.7 Å². The number of nitrogens with zero attached hydrogens (tertiary/aromatic N) is 2. The van der Waals surface area contributed by atoms with Crippen molar-refractivity contribution in [3.05, 3.63) is 88.2 Å². The number of ether oxygens (including phenoxy) is 2. The molecule has 38 heavy (non-hydrogen) atoms. The van der Waals surface area contributed by atoms with Gasteiger partial charge in [-0.2, -0.15) is 26.3 Å². The Balaban J connectivity index is 1.73. The maximum Gasteiger partial charge on any atom is 0.418 e. The molecule has 0 fully saturated rings. The van der Waals surface area contributed by atoms with Crippen molar-refractivity contribution in [3.63, 3.8) is 0 Å². The monoisotopic (exact) mass is 554 g/mol. The molecule has 12 heteroatoms. The zero-order valence-corrected chi connectivity index (χ0v) is 20.6. The summed E-state index contributed by atoms with van der Waals surface area (Å²) in [5.74, 6) is 1.30. The first-order chi connectivity index (χ1) is 18.0. The van der Waals surface area contributed by atoms with Crippen molar-refractivity contribution in [2.45, 2.75) is 24.4 Å². The van der Waals surface area contributed by atoms with Gasteiger partial charge in [0.25, 0.3) is 5.56 Å². The Hall–Kier alpha value is -3.67. The molecular weight excluding hydrogens is 534 g/mol. The molecule has 0 saturated carbocycles. The van der Waals surface area contributed by atoms with Crippen LogP contribution in [0.4, 0.5) is 26.3 Å². The molecule has 1 aromatic heterocycles. The SMILES string of the molecule is CCOc1ccc(OCCSc2nc3ccccc3c(=O)n2-c2cc(C(F)(F)F)ccc2C(F)(F)F)cc1. The second-order valence-electron chi connectivity index (χ2n) is 7.88. The van der Waals surface area contributed by atoms with Gasteiger partial charge in [0.2, 0.25) is 0 Å². The average Bonchev–Trinajstić information content (AvgIpc) is 2.86. The van der Waals surface area contributed by atoms with E-state index in [1.165, 1.54) is 18.2 Å². The quantitative estimate of drug-likeness (QED) is 0.102. The lowest BCUT2D eigenvalue weighted by atomic mass is 10.1. The zero-order valence-electron chi connectivity index (χ0n) is 19.8. The Morgan fingerprint density at radius 3 is 2.16 bits per heavy atom. The Labute approximate surface area is 217 Å². The van der Waals surface area contributed by atoms with Gasteiger partial charge in [0.15, 0.2) is 5.16 Å². The van der Waals surface area contributed by atoms with Crippen LogP contribution in [0.25, 0.3) is 16.6 Å². The fourth-order valence-electron chi connectivity index (χ4n) is 3.65. The van der Waals surface area contributed by atoms with Crippen molar-refractivity contribution in [1.29, 1.82) is 0 Å². The standard InChI is InChI=1S/C26H20F6N2O3S/c1-2-36-17-8-10-18(11-9-17)37-13-14-38-24-33-21-6-4-3-5-19(21)23(35)34(24)22-15-16(25(27,28)29)7-12-20(22)26(30,31)32/h3-12,15H,2,13-14H2,1H3. The number of para-hydroxylation sites is 1. The van der Waals surface area contributed by atoms with Gasteiger partial charge in [-0.15, -0.1) is 0 Å². The molecule has 0 aliphatic rings. The zero-order chi connectivity index (χ0) is 27.5. The molecule has 0 radical (unpaired) electrons. The van der Waals surface area contributed by atoms with E-state index in [-0.39, 0.29) is 28.4 Å². The molecular formula is C26H20F6N2O3S. The number of alkyl halides is 6. The van der Waals surface area contributed by atoms with Gasteiger partial charge in [0.05, 0.1) is 40.9 Å². The van der Waals surface area contributed by atoms with E-state index < -0.39 is 34.7 Å². The Kier molecular flexibility index (Phi) is 7.91. The Morgan fingerprint density at radius 1 is 0.868 bits per heavy atom. The van der Waals surface area contributed by atoms with Gasteiger partial charge in [-0.05, 0) is 61.5 Å². The number of thioether (sulfide) groups is 1. The van der Waals surface area contributed by atoms with Gasteiger partial charge in [0, 0.05) is 5.75 Å². The van der Waals surface area contributed by atoms with Gasteiger partial charge < -0.3 is 9.47 Å². The summed E-state index contributed by atoms with van der Waals surface area (Å²) in [6, 6.07) is 13.7. The van der Waals surface area contributed by atoms with Crippen LogP contribution < -0.4 is 15.0 Å². The lowest BCUT2D eigenvalue weighted by Crippen LogP contribution is -2.25. The molecule has 0 saturated heterocycles. The Bertz CT molecular complexity index is 1480. The van der Waals surface area contributed by atoms with E-state index in [1.807, 2.05) is 6.92 Å². The van der Waals surface area contributed by atoms with E-state index in [1.54, 1.807) is 30.3 Å². The van der Waals surface area contributed by atoms with E-state index in [0.29, 0.717) is 40.9 Å². The van der Waals surface area contributed by atoms with Crippen molar-refractivity contribution in [1.82, 2.24) is 9.55 Å². The molecule has 5 nitrogen and oxygen atoms in total. The first-order valence-corrected chi connectivity index (χ1v) is 12.3. The highest BCUT2D eigenvalue weighted by molar-refractivity contribution is 7.99. The van der Waals surface area contributed by atoms with E-state index in [2.05, 4.69) is 4.98 Å². The van der Waals surface area contributed by atoms with Crippen molar-refractivity contribution in [2.75, 3.05) is 19.0 Å². The minimum absolute atomic E-state index is 0.0342. The van der Waals surface area contributed by atoms with E-state index >= 15 is 0 Å². The summed E-state index contributed by atoms with van der Waals surface area (Å²) in [6.07, 6.45) is -9.95. The van der Waals surface area contributed by atoms with Gasteiger partial charge in [0.1, 0.15) is 11.5 Å². The third-order valence-electron chi connectivity index (χ3n) is 5.33. The summed E-state index contributed by atoms with van der Waals surface area (Å²) >= 11 is 0.888. The maximum atomic E-state index is 13.9. The van der Waals surface area contributed by atoms with Crippen LogP contribution in [0.15, 0.2) is 76.7 Å². The second-order valence-corrected chi connectivity index (χ2v) is 8.94. The predicted molar refractivity (Wildman–Crippen MR) is 131 cm³/mol. The summed E-state index contributed by atoms with van der Waals surface area (Å²) in [7, 11) is 0. The molecule has 0 bridgehead atoms. The van der Waals surface area contributed by atoms with Crippen LogP contribution in [-0.2, 0) is 12.4 Å². The van der Waals surface area contributed by atoms with Crippen LogP contribution in [-0.4, -0.2) is 28.5 Å². The average molecular weight is 555 g/mol. The summed E-state index contributed by atoms with van der Waals surface area (Å²) in [6.45, 7) is 2.42. The van der Waals surface area contributed by atoms with E-state index in [9.17, 15) is 31.1 Å². The van der Waals surface area contributed by atoms with Crippen molar-refractivity contribution in [3.8, 4) is 17.2 Å². The minimum Gasteiger partial charge on any atom is -0.494 e. The third-order valence-corrected chi connectivity index (χ3v) is 6.24. The molecule has 4 rings (SSSR count). The van der Waals surface area contributed by atoms with Crippen LogP contribution in [0.1, 0.15) is 18.1 Å². The summed E-state index contributed by atoms with van der Waals surface area (Å²) < 4.78 is 93.5. The topological polar surface area (TPSA) is 53.4 Å². The van der Waals surface area contributed by atoms with Gasteiger partial charge in [-0.3, -0.25) is 9.36 Å². The molecule has 0 amide bonds. The lowest BCUT2D eigenvalue weighted by Gasteiger charge is -2.19. The highest BCUT2D eigenvalue weighted by atomic mass is 32.2. The smallest absolute Gasteiger partial charge is 0.418 e. The molecule has 3 aromatic carbocycles. The number of hydrogen-bond donors (Lipinski definition) is 0. The molecule has 4 aromatic rings. The highest BCUT2D eigenvalue weighted by Gasteiger charge is 2.38. The number of fused-ring (bicyclic) bond motifs is 1. The predicted octanol–water partition coefficient (Wildman–Crippen LogP) is 6.99. The molecule has 0 spiro atoms. The molecule has 1 heterocycles. The molecule has 0 aliphatic carbocycles. The number of halogens is 6. The van der Waals surface area contributed by atoms with Gasteiger partial charge >= 0.3 is 12.4 Å². The normalized spacial score (nSPS) is 12.1. The first-order valence-electron chi connectivity index (χ1n) is 11.3. The van der Waals surface area contributed by atoms with Gasteiger partial charge in [-0.25, -0.2) is 4.98 Å². The summed E-state index contributed by atoms with van der Waals surface area (Å²) in [5.41, 5.74) is -4.39. The fourth-order valence-corrected chi connectivity index (χ4v) is 4.47. The van der Waals surface area contributed by atoms with Crippen LogP contribution in [0.3, 0.4) is 0 Å². The summed E-state index contributed by atoms with van der Waals surface area (Å²) in [5, 5.41) is -0.234. The lowest BCUT2D eigenvalue weighted by molar-refractivity contribution is -0.141. The van der Waals surface area contributed by atoms with Crippen LogP contribution in [0, 0.1) is 0 Å². The van der Waals surface area contributed by atoms with Crippen molar-refractivity contribution < 1.29 is 35.8 Å². The highest BCUT2D eigenvalue weighted by Crippen LogP contribution is 2.39. The van der Waals surface area contributed by atoms with Crippen molar-refractivity contribution in [2.24, 2.45) is 0 Å². The fraction of sp³-hybridized carbons (Fsp3) is 0.231. The molecule has 0 unspecified atom stereocenters. The number of hydrogen-bond acceptors (Lipinski definition) is 5. The van der Waals surface area contributed by atoms with E-state index in [0.717, 1.165) is 11.8 Å². The van der Waals surface area contributed by atoms with E-state index in [4.69, 9.17) is 9.47 Å². The first kappa shape index (κ1) is 27.4. The third kappa shape index (κ3) is 6.07. The number of benzene rings is 3. The maximum absolute atomic E-state index is 13.9. The molecule has 0 aliphatic heterocycles. The Morgan fingerprint density at radius 2 is 1.53 bits per heavy atom. The second kappa shape index (κ2) is 11.0. The van der Waals surface area contributed by atoms with Crippen LogP contribution in [0.2, 0.25) is 0 Å². The molecule has 0 N–H and O–H groups in total. The van der Waals surface area contributed by atoms with Crippen LogP contribution >= 0.6 is 11.8 Å². The number of rotatable bonds is 8. The largest absolute Gasteiger partial charge is 0.494 e. The number of aromatic nitrogens is 2. The van der Waals surface area contributed by atoms with Crippen LogP contribution in [0.5, 0.6) is 11.5 Å². The molecule has 200 valence electrons. The minimum atomic E-state index is -5.02.